The lowest BCUT2D eigenvalue weighted by atomic mass is 10.1. The van der Waals surface area contributed by atoms with E-state index in [1.165, 1.54) is 6.20 Å². The second-order valence-corrected chi connectivity index (χ2v) is 8.31. The van der Waals surface area contributed by atoms with E-state index in [-0.39, 0.29) is 23.8 Å². The minimum Gasteiger partial charge on any atom is -0.380 e. The quantitative estimate of drug-likeness (QED) is 0.363. The fraction of sp³-hybridized carbons (Fsp3) is 0.320. The zero-order chi connectivity index (χ0) is 24.2. The van der Waals surface area contributed by atoms with E-state index >= 15 is 4.39 Å². The van der Waals surface area contributed by atoms with Gasteiger partial charge in [0.25, 0.3) is 0 Å². The molecule has 2 aromatic heterocycles. The van der Waals surface area contributed by atoms with Crippen LogP contribution in [0.3, 0.4) is 0 Å². The number of fused-ring (bicyclic) bond motifs is 1. The molecule has 0 spiro atoms. The van der Waals surface area contributed by atoms with Crippen molar-refractivity contribution < 1.29 is 23.0 Å². The Morgan fingerprint density at radius 2 is 1.69 bits per heavy atom. The molecule has 3 heterocycles. The molecule has 4 aromatic rings. The van der Waals surface area contributed by atoms with Crippen molar-refractivity contribution in [1.82, 2.24) is 19.6 Å². The Labute approximate surface area is 200 Å². The number of nitrogens with zero attached hydrogens (tertiary/aromatic N) is 4. The van der Waals surface area contributed by atoms with Gasteiger partial charge in [-0.1, -0.05) is 60.7 Å². The second-order valence-electron chi connectivity index (χ2n) is 8.31. The third kappa shape index (κ3) is 5.14. The summed E-state index contributed by atoms with van der Waals surface area (Å²) in [5.41, 5.74) is 8.08. The zero-order valence-corrected chi connectivity index (χ0v) is 18.8. The summed E-state index contributed by atoms with van der Waals surface area (Å²) in [6.07, 6.45) is -3.33. The Morgan fingerprint density at radius 1 is 1.00 bits per heavy atom. The average molecular weight is 482 g/mol. The highest BCUT2D eigenvalue weighted by Crippen LogP contribution is 2.39. The summed E-state index contributed by atoms with van der Waals surface area (Å²) >= 11 is 0. The molecular weight excluding hydrogens is 456 g/mol. The third-order valence-corrected chi connectivity index (χ3v) is 5.91. The van der Waals surface area contributed by atoms with Gasteiger partial charge >= 0.3 is 6.08 Å². The fourth-order valence-corrected chi connectivity index (χ4v) is 4.20. The number of aromatic nitrogens is 4. The molecule has 0 saturated carbocycles. The highest BCUT2D eigenvalue weighted by molar-refractivity contribution is 5.59. The summed E-state index contributed by atoms with van der Waals surface area (Å²) in [6, 6.07) is 19.3. The van der Waals surface area contributed by atoms with Crippen molar-refractivity contribution >= 4 is 11.5 Å². The number of anilines is 1. The number of halogens is 2. The molecule has 4 atom stereocenters. The summed E-state index contributed by atoms with van der Waals surface area (Å²) in [5, 5.41) is 3.71. The number of hydrogen-bond acceptors (Lipinski definition) is 7. The molecule has 0 radical (unpaired) electrons. The van der Waals surface area contributed by atoms with E-state index in [0.717, 1.165) is 15.6 Å². The normalized spacial score (nSPS) is 22.1. The van der Waals surface area contributed by atoms with Gasteiger partial charge in [0.1, 0.15) is 12.2 Å². The Hall–Kier alpha value is -3.47. The molecule has 5 rings (SSSR count). The SMILES string of the molecule is Nc1nc(F)nn2c([C@@H]3O[C@H](CCOCc4ccccc4)[C@@H](OCc4ccccc4)[C@H]3F)cnc12. The van der Waals surface area contributed by atoms with Crippen molar-refractivity contribution in [2.24, 2.45) is 0 Å². The fourth-order valence-electron chi connectivity index (χ4n) is 4.20. The number of hydrogen-bond donors (Lipinski definition) is 1. The van der Waals surface area contributed by atoms with Gasteiger partial charge in [-0.05, 0) is 17.5 Å². The topological polar surface area (TPSA) is 96.8 Å². The summed E-state index contributed by atoms with van der Waals surface area (Å²) in [4.78, 5) is 7.59. The Morgan fingerprint density at radius 3 is 2.40 bits per heavy atom. The van der Waals surface area contributed by atoms with Crippen LogP contribution in [0.15, 0.2) is 66.9 Å². The first-order chi connectivity index (χ1) is 17.1. The van der Waals surface area contributed by atoms with Gasteiger partial charge in [-0.3, -0.25) is 0 Å². The minimum atomic E-state index is -1.54. The number of benzene rings is 2. The molecule has 0 aliphatic carbocycles. The molecular formula is C25H25F2N5O3. The number of nitrogen functional groups attached to an aromatic ring is 1. The van der Waals surface area contributed by atoms with Gasteiger partial charge in [-0.25, -0.2) is 13.9 Å². The number of nitrogens with two attached hydrogens (primary N) is 1. The van der Waals surface area contributed by atoms with Gasteiger partial charge in [-0.2, -0.15) is 9.37 Å². The Bertz CT molecular complexity index is 1260. The summed E-state index contributed by atoms with van der Waals surface area (Å²) in [6.45, 7) is 1.01. The predicted octanol–water partition coefficient (Wildman–Crippen LogP) is 3.82. The van der Waals surface area contributed by atoms with E-state index in [9.17, 15) is 4.39 Å². The Balaban J connectivity index is 1.32. The first-order valence-electron chi connectivity index (χ1n) is 11.3. The van der Waals surface area contributed by atoms with Gasteiger partial charge in [-0.15, -0.1) is 5.10 Å². The lowest BCUT2D eigenvalue weighted by Crippen LogP contribution is -2.32. The van der Waals surface area contributed by atoms with Crippen LogP contribution in [-0.4, -0.2) is 44.6 Å². The van der Waals surface area contributed by atoms with Gasteiger partial charge < -0.3 is 19.9 Å². The lowest BCUT2D eigenvalue weighted by molar-refractivity contribution is -0.0491. The van der Waals surface area contributed by atoms with E-state index in [1.807, 2.05) is 60.7 Å². The van der Waals surface area contributed by atoms with Gasteiger partial charge in [0.05, 0.1) is 31.2 Å². The van der Waals surface area contributed by atoms with Crippen molar-refractivity contribution in [2.45, 2.75) is 44.1 Å². The van der Waals surface area contributed by atoms with Crippen molar-refractivity contribution in [3.63, 3.8) is 0 Å². The van der Waals surface area contributed by atoms with Crippen LogP contribution in [0.2, 0.25) is 0 Å². The standard InChI is InChI=1S/C25H25F2N5O3/c26-20-21(18-13-29-24-23(28)30-25(27)31-32(18)24)35-19(11-12-33-14-16-7-3-1-4-8-16)22(20)34-15-17-9-5-2-6-10-17/h1-10,13,19-22H,11-12,14-15H2,(H2,28,30,31)/t19-,20+,21+,22-/m1/s1. The molecule has 1 aliphatic heterocycles. The lowest BCUT2D eigenvalue weighted by Gasteiger charge is -2.20. The number of ether oxygens (including phenoxy) is 3. The highest BCUT2D eigenvalue weighted by Gasteiger charge is 2.47. The van der Waals surface area contributed by atoms with Gasteiger partial charge in [0.15, 0.2) is 17.6 Å². The molecule has 8 nitrogen and oxygen atoms in total. The first kappa shape index (κ1) is 23.3. The maximum absolute atomic E-state index is 15.8. The van der Waals surface area contributed by atoms with Crippen molar-refractivity contribution in [2.75, 3.05) is 12.3 Å². The molecule has 0 unspecified atom stereocenters. The van der Waals surface area contributed by atoms with E-state index in [0.29, 0.717) is 19.6 Å². The van der Waals surface area contributed by atoms with Crippen LogP contribution in [0, 0.1) is 6.08 Å². The maximum atomic E-state index is 15.8. The predicted molar refractivity (Wildman–Crippen MR) is 123 cm³/mol. The molecule has 0 bridgehead atoms. The van der Waals surface area contributed by atoms with Crippen LogP contribution in [0.4, 0.5) is 14.6 Å². The molecule has 35 heavy (non-hydrogen) atoms. The zero-order valence-electron chi connectivity index (χ0n) is 18.8. The van der Waals surface area contributed by atoms with Crippen LogP contribution in [0.5, 0.6) is 0 Å². The van der Waals surface area contributed by atoms with Crippen LogP contribution in [0.1, 0.15) is 29.3 Å². The average Bonchev–Trinajstić information content (AvgIpc) is 3.42. The monoisotopic (exact) mass is 481 g/mol. The van der Waals surface area contributed by atoms with Gasteiger partial charge in [0.2, 0.25) is 0 Å². The maximum Gasteiger partial charge on any atom is 0.328 e. The third-order valence-electron chi connectivity index (χ3n) is 5.91. The number of rotatable bonds is 9. The molecule has 1 aliphatic rings. The second kappa shape index (κ2) is 10.4. The van der Waals surface area contributed by atoms with E-state index in [4.69, 9.17) is 19.9 Å². The molecule has 2 aromatic carbocycles. The minimum absolute atomic E-state index is 0.133. The molecule has 1 saturated heterocycles. The summed E-state index contributed by atoms with van der Waals surface area (Å²) in [5.74, 6) is -0.139. The smallest absolute Gasteiger partial charge is 0.328 e. The van der Waals surface area contributed by atoms with E-state index < -0.39 is 30.6 Å². The van der Waals surface area contributed by atoms with Crippen LogP contribution in [-0.2, 0) is 27.4 Å². The molecule has 2 N–H and O–H groups in total. The number of alkyl halides is 1. The van der Waals surface area contributed by atoms with Crippen LogP contribution >= 0.6 is 0 Å². The largest absolute Gasteiger partial charge is 0.380 e. The number of imidazole rings is 1. The Kier molecular flexibility index (Phi) is 6.94. The van der Waals surface area contributed by atoms with E-state index in [2.05, 4.69) is 15.1 Å². The van der Waals surface area contributed by atoms with Crippen molar-refractivity contribution in [3.05, 3.63) is 89.8 Å². The summed E-state index contributed by atoms with van der Waals surface area (Å²) < 4.78 is 48.6. The van der Waals surface area contributed by atoms with Crippen molar-refractivity contribution in [1.29, 1.82) is 0 Å². The highest BCUT2D eigenvalue weighted by atomic mass is 19.1. The van der Waals surface area contributed by atoms with Crippen LogP contribution < -0.4 is 5.73 Å². The van der Waals surface area contributed by atoms with Crippen molar-refractivity contribution in [3.8, 4) is 0 Å². The molecule has 1 fully saturated rings. The molecule has 0 amide bonds. The molecule has 182 valence electrons. The first-order valence-corrected chi connectivity index (χ1v) is 11.3. The summed E-state index contributed by atoms with van der Waals surface area (Å²) in [7, 11) is 0. The van der Waals surface area contributed by atoms with Crippen LogP contribution in [0.25, 0.3) is 5.65 Å². The molecule has 10 heteroatoms. The van der Waals surface area contributed by atoms with Gasteiger partial charge in [0, 0.05) is 6.61 Å². The van der Waals surface area contributed by atoms with E-state index in [1.54, 1.807) is 0 Å².